The summed E-state index contributed by atoms with van der Waals surface area (Å²) in [5, 5.41) is 1.16. The molecule has 0 aliphatic heterocycles. The minimum Gasteiger partial charge on any atom is -0.466 e. The molecular formula is C15H17NO2. The zero-order valence-electron chi connectivity index (χ0n) is 10.7. The maximum Gasteiger partial charge on any atom is 0.313 e. The number of nitrogens with one attached hydrogen (secondary N) is 1. The number of hydrogen-bond acceptors (Lipinski definition) is 2. The second kappa shape index (κ2) is 4.16. The largest absolute Gasteiger partial charge is 0.466 e. The highest BCUT2D eigenvalue weighted by Gasteiger charge is 2.37. The Hall–Kier alpha value is -1.77. The highest BCUT2D eigenvalue weighted by molar-refractivity contribution is 5.92. The van der Waals surface area contributed by atoms with E-state index in [2.05, 4.69) is 24.0 Å². The van der Waals surface area contributed by atoms with Gasteiger partial charge in [0.15, 0.2) is 0 Å². The number of carbonyl (C=O) groups excluding carboxylic acids is 1. The van der Waals surface area contributed by atoms with Crippen LogP contribution >= 0.6 is 0 Å². The molecule has 0 saturated carbocycles. The van der Waals surface area contributed by atoms with E-state index in [1.54, 1.807) is 0 Å². The molecular weight excluding hydrogens is 226 g/mol. The van der Waals surface area contributed by atoms with Crippen molar-refractivity contribution in [2.24, 2.45) is 0 Å². The summed E-state index contributed by atoms with van der Waals surface area (Å²) in [4.78, 5) is 15.5. The van der Waals surface area contributed by atoms with Gasteiger partial charge >= 0.3 is 5.97 Å². The third-order valence-electron chi connectivity index (χ3n) is 3.78. The number of rotatable bonds is 2. The number of hydrogen-bond donors (Lipinski definition) is 1. The van der Waals surface area contributed by atoms with Crippen LogP contribution < -0.4 is 0 Å². The topological polar surface area (TPSA) is 42.1 Å². The van der Waals surface area contributed by atoms with Gasteiger partial charge in [-0.15, -0.1) is 0 Å². The summed E-state index contributed by atoms with van der Waals surface area (Å²) < 4.78 is 5.20. The minimum atomic E-state index is -0.105. The molecule has 0 spiro atoms. The molecule has 0 unspecified atom stereocenters. The zero-order valence-corrected chi connectivity index (χ0v) is 10.7. The molecule has 3 rings (SSSR count). The van der Waals surface area contributed by atoms with Crippen molar-refractivity contribution in [3.8, 4) is 0 Å². The van der Waals surface area contributed by atoms with E-state index in [9.17, 15) is 4.79 Å². The number of H-pyrrole nitrogens is 1. The van der Waals surface area contributed by atoms with Gasteiger partial charge in [-0.3, -0.25) is 4.79 Å². The predicted octanol–water partition coefficient (Wildman–Crippen LogP) is 3.32. The van der Waals surface area contributed by atoms with Crippen molar-refractivity contribution in [3.63, 3.8) is 0 Å². The number of esters is 1. The normalized spacial score (nSPS) is 22.1. The Balaban J connectivity index is 2.12. The molecule has 0 fully saturated rings. The number of aromatic nitrogens is 1. The van der Waals surface area contributed by atoms with Crippen molar-refractivity contribution >= 4 is 16.9 Å². The van der Waals surface area contributed by atoms with Crippen molar-refractivity contribution in [1.82, 2.24) is 4.98 Å². The quantitative estimate of drug-likeness (QED) is 0.822. The summed E-state index contributed by atoms with van der Waals surface area (Å²) in [6.45, 7) is 4.46. The molecule has 3 heteroatoms. The van der Waals surface area contributed by atoms with Crippen molar-refractivity contribution in [2.75, 3.05) is 6.61 Å². The van der Waals surface area contributed by atoms with E-state index >= 15 is 0 Å². The van der Waals surface area contributed by atoms with E-state index in [4.69, 9.17) is 4.74 Å². The number of benzene rings is 1. The Labute approximate surface area is 106 Å². The van der Waals surface area contributed by atoms with E-state index in [1.807, 2.05) is 19.1 Å². The van der Waals surface area contributed by atoms with Crippen LogP contribution in [0, 0.1) is 0 Å². The molecule has 1 aromatic carbocycles. The van der Waals surface area contributed by atoms with Crippen molar-refractivity contribution in [3.05, 3.63) is 35.5 Å². The van der Waals surface area contributed by atoms with Crippen LogP contribution in [0.2, 0.25) is 0 Å². The van der Waals surface area contributed by atoms with Crippen LogP contribution in [0.4, 0.5) is 0 Å². The molecule has 0 bridgehead atoms. The fraction of sp³-hybridized carbons (Fsp3) is 0.400. The Morgan fingerprint density at radius 3 is 3.00 bits per heavy atom. The summed E-state index contributed by atoms with van der Waals surface area (Å²) >= 11 is 0. The predicted molar refractivity (Wildman–Crippen MR) is 70.7 cm³/mol. The fourth-order valence-electron chi connectivity index (χ4n) is 2.99. The second-order valence-corrected chi connectivity index (χ2v) is 4.94. The Morgan fingerprint density at radius 1 is 1.44 bits per heavy atom. The third kappa shape index (κ3) is 1.54. The molecule has 1 aliphatic carbocycles. The fourth-order valence-corrected chi connectivity index (χ4v) is 2.99. The van der Waals surface area contributed by atoms with Crippen LogP contribution in [0.1, 0.15) is 43.4 Å². The molecule has 1 aromatic heterocycles. The molecule has 18 heavy (non-hydrogen) atoms. The summed E-state index contributed by atoms with van der Waals surface area (Å²) in [5.41, 5.74) is 3.47. The molecule has 0 radical (unpaired) electrons. The highest BCUT2D eigenvalue weighted by atomic mass is 16.5. The Bertz CT molecular complexity index is 600. The van der Waals surface area contributed by atoms with Crippen molar-refractivity contribution < 1.29 is 9.53 Å². The number of carbonyl (C=O) groups is 1. The summed E-state index contributed by atoms with van der Waals surface area (Å²) in [6.07, 6.45) is 0.852. The van der Waals surface area contributed by atoms with Gasteiger partial charge in [-0.05, 0) is 30.9 Å². The van der Waals surface area contributed by atoms with Gasteiger partial charge in [0.25, 0.3) is 0 Å². The first-order valence-electron chi connectivity index (χ1n) is 6.49. The lowest BCUT2D eigenvalue weighted by Gasteiger charge is -2.10. The van der Waals surface area contributed by atoms with Crippen LogP contribution in [0.3, 0.4) is 0 Å². The van der Waals surface area contributed by atoms with Gasteiger partial charge in [-0.2, -0.15) is 0 Å². The lowest BCUT2D eigenvalue weighted by atomic mass is 9.99. The molecule has 94 valence electrons. The molecule has 1 heterocycles. The summed E-state index contributed by atoms with van der Waals surface area (Å²) in [5.74, 6) is 0.195. The second-order valence-electron chi connectivity index (χ2n) is 4.94. The van der Waals surface area contributed by atoms with Crippen LogP contribution in [-0.4, -0.2) is 17.6 Å². The molecule has 1 aliphatic rings. The molecule has 3 nitrogen and oxygen atoms in total. The van der Waals surface area contributed by atoms with Crippen molar-refractivity contribution in [1.29, 1.82) is 0 Å². The van der Waals surface area contributed by atoms with E-state index in [-0.39, 0.29) is 11.9 Å². The first-order chi connectivity index (χ1) is 8.72. The highest BCUT2D eigenvalue weighted by Crippen LogP contribution is 2.45. The van der Waals surface area contributed by atoms with E-state index in [0.29, 0.717) is 12.5 Å². The van der Waals surface area contributed by atoms with Crippen LogP contribution in [0.25, 0.3) is 10.9 Å². The minimum absolute atomic E-state index is 0.0900. The molecule has 0 saturated heterocycles. The maximum absolute atomic E-state index is 12.1. The summed E-state index contributed by atoms with van der Waals surface area (Å²) in [7, 11) is 0. The third-order valence-corrected chi connectivity index (χ3v) is 3.78. The molecule has 1 N–H and O–H groups in total. The van der Waals surface area contributed by atoms with Gasteiger partial charge < -0.3 is 9.72 Å². The van der Waals surface area contributed by atoms with Gasteiger partial charge in [0.1, 0.15) is 0 Å². The van der Waals surface area contributed by atoms with Gasteiger partial charge in [-0.1, -0.05) is 25.1 Å². The van der Waals surface area contributed by atoms with Gasteiger partial charge in [0.05, 0.1) is 12.5 Å². The maximum atomic E-state index is 12.1. The van der Waals surface area contributed by atoms with E-state index < -0.39 is 0 Å². The number of aromatic amines is 1. The monoisotopic (exact) mass is 243 g/mol. The smallest absolute Gasteiger partial charge is 0.313 e. The van der Waals surface area contributed by atoms with Gasteiger partial charge in [0.2, 0.25) is 0 Å². The zero-order chi connectivity index (χ0) is 12.7. The average Bonchev–Trinajstić information content (AvgIpc) is 2.88. The van der Waals surface area contributed by atoms with E-state index in [0.717, 1.165) is 22.9 Å². The van der Waals surface area contributed by atoms with Gasteiger partial charge in [-0.25, -0.2) is 0 Å². The first kappa shape index (κ1) is 11.3. The molecule has 2 atom stereocenters. The van der Waals surface area contributed by atoms with Crippen LogP contribution in [0.15, 0.2) is 24.3 Å². The standard InChI is InChI=1S/C15H17NO2/c1-3-18-15(17)11-8-9(2)14-13(11)10-6-4-5-7-12(10)16-14/h4-7,9,11,16H,3,8H2,1-2H3/t9-,11-/m1/s1. The van der Waals surface area contributed by atoms with Gasteiger partial charge in [0, 0.05) is 16.6 Å². The molecule has 2 aromatic rings. The van der Waals surface area contributed by atoms with E-state index in [1.165, 1.54) is 5.69 Å². The first-order valence-corrected chi connectivity index (χ1v) is 6.49. The number of ether oxygens (including phenoxy) is 1. The lowest BCUT2D eigenvalue weighted by molar-refractivity contribution is -0.144. The molecule has 0 amide bonds. The lowest BCUT2D eigenvalue weighted by Crippen LogP contribution is -2.13. The average molecular weight is 243 g/mol. The SMILES string of the molecule is CCOC(=O)[C@@H]1C[C@@H](C)c2[nH]c3ccccc3c21. The van der Waals surface area contributed by atoms with Crippen LogP contribution in [-0.2, 0) is 9.53 Å². The summed E-state index contributed by atoms with van der Waals surface area (Å²) in [6, 6.07) is 8.16. The van der Waals surface area contributed by atoms with Crippen molar-refractivity contribution in [2.45, 2.75) is 32.1 Å². The number of fused-ring (bicyclic) bond motifs is 3. The number of para-hydroxylation sites is 1. The Morgan fingerprint density at radius 2 is 2.22 bits per heavy atom. The Kier molecular flexibility index (Phi) is 2.62. The van der Waals surface area contributed by atoms with Crippen LogP contribution in [0.5, 0.6) is 0 Å².